The normalized spacial score (nSPS) is 10.0. The summed E-state index contributed by atoms with van der Waals surface area (Å²) in [7, 11) is 1.53. The van der Waals surface area contributed by atoms with E-state index in [1.807, 2.05) is 12.1 Å². The van der Waals surface area contributed by atoms with E-state index < -0.39 is 6.03 Å². The van der Waals surface area contributed by atoms with Crippen molar-refractivity contribution in [2.75, 3.05) is 17.9 Å². The number of carbonyl (C=O) groups is 1. The number of amides is 2. The Bertz CT molecular complexity index is 922. The van der Waals surface area contributed by atoms with E-state index in [4.69, 9.17) is 21.1 Å². The number of hydrogen-bond acceptors (Lipinski definition) is 5. The van der Waals surface area contributed by atoms with Gasteiger partial charge in [0.25, 0.3) is 0 Å². The Hall–Kier alpha value is -3.45. The van der Waals surface area contributed by atoms with E-state index in [9.17, 15) is 4.79 Å². The SMILES string of the molecule is COc1ccc(NC(=O)NNc2cccc(Oc3ccncc3)c2)cc1Cl. The Kier molecular flexibility index (Phi) is 5.96. The molecule has 0 aliphatic rings. The minimum Gasteiger partial charge on any atom is -0.495 e. The number of hydrazine groups is 1. The zero-order valence-corrected chi connectivity index (χ0v) is 15.2. The number of ether oxygens (including phenoxy) is 2. The van der Waals surface area contributed by atoms with Crippen molar-refractivity contribution in [3.63, 3.8) is 0 Å². The third-order valence-corrected chi connectivity index (χ3v) is 3.74. The third kappa shape index (κ3) is 5.26. The van der Waals surface area contributed by atoms with Gasteiger partial charge in [0.05, 0.1) is 17.8 Å². The largest absolute Gasteiger partial charge is 0.495 e. The number of rotatable bonds is 6. The van der Waals surface area contributed by atoms with Gasteiger partial charge in [0.2, 0.25) is 0 Å². The molecule has 138 valence electrons. The molecule has 2 amide bonds. The highest BCUT2D eigenvalue weighted by Crippen LogP contribution is 2.27. The Morgan fingerprint density at radius 1 is 1.00 bits per heavy atom. The van der Waals surface area contributed by atoms with Crippen LogP contribution in [-0.4, -0.2) is 18.1 Å². The molecule has 7 nitrogen and oxygen atoms in total. The summed E-state index contributed by atoms with van der Waals surface area (Å²) in [6.07, 6.45) is 3.30. The lowest BCUT2D eigenvalue weighted by Gasteiger charge is -2.12. The number of nitrogens with one attached hydrogen (secondary N) is 3. The number of urea groups is 1. The Morgan fingerprint density at radius 3 is 2.56 bits per heavy atom. The maximum absolute atomic E-state index is 12.0. The predicted molar refractivity (Wildman–Crippen MR) is 105 cm³/mol. The molecule has 0 bridgehead atoms. The van der Waals surface area contributed by atoms with Crippen LogP contribution in [0.15, 0.2) is 67.0 Å². The first-order valence-electron chi connectivity index (χ1n) is 7.98. The molecule has 27 heavy (non-hydrogen) atoms. The summed E-state index contributed by atoms with van der Waals surface area (Å²) in [4.78, 5) is 16.0. The molecule has 0 fully saturated rings. The van der Waals surface area contributed by atoms with Crippen LogP contribution in [0, 0.1) is 0 Å². The molecule has 3 rings (SSSR count). The number of benzene rings is 2. The maximum atomic E-state index is 12.0. The monoisotopic (exact) mass is 384 g/mol. The van der Waals surface area contributed by atoms with E-state index in [1.165, 1.54) is 7.11 Å². The van der Waals surface area contributed by atoms with Crippen LogP contribution in [0.2, 0.25) is 5.02 Å². The third-order valence-electron chi connectivity index (χ3n) is 3.45. The quantitative estimate of drug-likeness (QED) is 0.537. The van der Waals surface area contributed by atoms with Gasteiger partial charge < -0.3 is 14.8 Å². The van der Waals surface area contributed by atoms with Crippen molar-refractivity contribution in [2.24, 2.45) is 0 Å². The summed E-state index contributed by atoms with van der Waals surface area (Å²) in [5.74, 6) is 1.83. The van der Waals surface area contributed by atoms with Gasteiger partial charge in [0, 0.05) is 24.1 Å². The second-order valence-electron chi connectivity index (χ2n) is 5.37. The van der Waals surface area contributed by atoms with Gasteiger partial charge in [0.15, 0.2) is 0 Å². The van der Waals surface area contributed by atoms with E-state index in [0.717, 1.165) is 0 Å². The molecule has 0 unspecified atom stereocenters. The van der Waals surface area contributed by atoms with Crippen molar-refractivity contribution in [3.05, 3.63) is 72.0 Å². The van der Waals surface area contributed by atoms with Crippen molar-refractivity contribution in [1.82, 2.24) is 10.4 Å². The average Bonchev–Trinajstić information content (AvgIpc) is 2.68. The number of pyridine rings is 1. The van der Waals surface area contributed by atoms with Gasteiger partial charge in [-0.2, -0.15) is 0 Å². The molecular formula is C19H17ClN4O3. The van der Waals surface area contributed by atoms with Crippen LogP contribution in [0.3, 0.4) is 0 Å². The molecule has 0 atom stereocenters. The molecule has 2 aromatic carbocycles. The van der Waals surface area contributed by atoms with Gasteiger partial charge in [-0.1, -0.05) is 17.7 Å². The Morgan fingerprint density at radius 2 is 1.81 bits per heavy atom. The predicted octanol–water partition coefficient (Wildman–Crippen LogP) is 4.68. The lowest BCUT2D eigenvalue weighted by Crippen LogP contribution is -2.33. The summed E-state index contributed by atoms with van der Waals surface area (Å²) in [6, 6.07) is 15.2. The molecule has 1 aromatic heterocycles. The number of aromatic nitrogens is 1. The first-order valence-corrected chi connectivity index (χ1v) is 8.36. The highest BCUT2D eigenvalue weighted by molar-refractivity contribution is 6.32. The van der Waals surface area contributed by atoms with Crippen LogP contribution in [0.5, 0.6) is 17.2 Å². The maximum Gasteiger partial charge on any atom is 0.337 e. The molecule has 3 aromatic rings. The van der Waals surface area contributed by atoms with Gasteiger partial charge in [-0.15, -0.1) is 0 Å². The number of hydrogen-bond donors (Lipinski definition) is 3. The molecule has 0 aliphatic carbocycles. The van der Waals surface area contributed by atoms with Crippen LogP contribution in [0.25, 0.3) is 0 Å². The zero-order valence-electron chi connectivity index (χ0n) is 14.4. The van der Waals surface area contributed by atoms with Crippen molar-refractivity contribution in [3.8, 4) is 17.2 Å². The highest BCUT2D eigenvalue weighted by Gasteiger charge is 2.06. The standard InChI is InChI=1S/C19H17ClN4O3/c1-26-18-6-5-13(12-17(18)20)22-19(25)24-23-14-3-2-4-16(11-14)27-15-7-9-21-10-8-15/h2-12,23H,1H3,(H2,22,24,25). The second kappa shape index (κ2) is 8.77. The van der Waals surface area contributed by atoms with E-state index >= 15 is 0 Å². The van der Waals surface area contributed by atoms with Crippen molar-refractivity contribution >= 4 is 29.0 Å². The summed E-state index contributed by atoms with van der Waals surface area (Å²) in [5.41, 5.74) is 6.56. The number of methoxy groups -OCH3 is 1. The fraction of sp³-hybridized carbons (Fsp3) is 0.0526. The summed E-state index contributed by atoms with van der Waals surface area (Å²) in [6.45, 7) is 0. The Balaban J connectivity index is 1.55. The number of carbonyl (C=O) groups excluding carboxylic acids is 1. The van der Waals surface area contributed by atoms with E-state index in [1.54, 1.807) is 54.9 Å². The number of anilines is 2. The summed E-state index contributed by atoms with van der Waals surface area (Å²) >= 11 is 6.04. The molecule has 0 saturated heterocycles. The van der Waals surface area contributed by atoms with Gasteiger partial charge in [-0.3, -0.25) is 15.8 Å². The fourth-order valence-corrected chi connectivity index (χ4v) is 2.47. The summed E-state index contributed by atoms with van der Waals surface area (Å²) < 4.78 is 10.8. The molecule has 0 aliphatic heterocycles. The first-order chi connectivity index (χ1) is 13.1. The molecular weight excluding hydrogens is 368 g/mol. The van der Waals surface area contributed by atoms with Crippen LogP contribution in [-0.2, 0) is 0 Å². The lowest BCUT2D eigenvalue weighted by atomic mass is 10.3. The molecule has 3 N–H and O–H groups in total. The minimum atomic E-state index is -0.448. The zero-order chi connectivity index (χ0) is 19.1. The van der Waals surface area contributed by atoms with E-state index in [0.29, 0.717) is 33.6 Å². The van der Waals surface area contributed by atoms with Gasteiger partial charge in [-0.25, -0.2) is 4.79 Å². The van der Waals surface area contributed by atoms with Crippen LogP contribution < -0.4 is 25.6 Å². The topological polar surface area (TPSA) is 84.5 Å². The lowest BCUT2D eigenvalue weighted by molar-refractivity contribution is 0.254. The highest BCUT2D eigenvalue weighted by atomic mass is 35.5. The molecule has 8 heteroatoms. The van der Waals surface area contributed by atoms with E-state index in [-0.39, 0.29) is 0 Å². The molecule has 1 heterocycles. The van der Waals surface area contributed by atoms with Crippen molar-refractivity contribution < 1.29 is 14.3 Å². The van der Waals surface area contributed by atoms with Crippen LogP contribution >= 0.6 is 11.6 Å². The van der Waals surface area contributed by atoms with Gasteiger partial charge in [0.1, 0.15) is 17.2 Å². The van der Waals surface area contributed by atoms with Crippen molar-refractivity contribution in [2.45, 2.75) is 0 Å². The van der Waals surface area contributed by atoms with Gasteiger partial charge in [-0.05, 0) is 42.5 Å². The fourth-order valence-electron chi connectivity index (χ4n) is 2.22. The first kappa shape index (κ1) is 18.3. The molecule has 0 spiro atoms. The minimum absolute atomic E-state index is 0.407. The average molecular weight is 385 g/mol. The van der Waals surface area contributed by atoms with Gasteiger partial charge >= 0.3 is 6.03 Å². The number of halogens is 1. The van der Waals surface area contributed by atoms with E-state index in [2.05, 4.69) is 21.2 Å². The second-order valence-corrected chi connectivity index (χ2v) is 5.77. The van der Waals surface area contributed by atoms with Crippen molar-refractivity contribution in [1.29, 1.82) is 0 Å². The Labute approximate surface area is 161 Å². The van der Waals surface area contributed by atoms with Crippen LogP contribution in [0.4, 0.5) is 16.2 Å². The molecule has 0 saturated carbocycles. The molecule has 0 radical (unpaired) electrons. The summed E-state index contributed by atoms with van der Waals surface area (Å²) in [5, 5.41) is 3.07. The van der Waals surface area contributed by atoms with Crippen LogP contribution in [0.1, 0.15) is 0 Å². The number of nitrogens with zero attached hydrogens (tertiary/aromatic N) is 1. The smallest absolute Gasteiger partial charge is 0.337 e.